The molecule has 0 atom stereocenters. The predicted octanol–water partition coefficient (Wildman–Crippen LogP) is 2.28. The summed E-state index contributed by atoms with van der Waals surface area (Å²) in [5.74, 6) is -0.447. The monoisotopic (exact) mass is 394 g/mol. The van der Waals surface area contributed by atoms with Gasteiger partial charge in [-0.15, -0.1) is 0 Å². The molecule has 1 aromatic heterocycles. The van der Waals surface area contributed by atoms with E-state index in [0.717, 1.165) is 0 Å². The number of aryl methyl sites for hydroxylation is 1. The quantitative estimate of drug-likeness (QED) is 0.647. The third-order valence-corrected chi connectivity index (χ3v) is 4.16. The maximum Gasteiger partial charge on any atom is 0.290 e. The van der Waals surface area contributed by atoms with Crippen LogP contribution in [-0.4, -0.2) is 27.7 Å². The van der Waals surface area contributed by atoms with Crippen molar-refractivity contribution in [3.8, 4) is 5.75 Å². The fourth-order valence-electron chi connectivity index (χ4n) is 2.82. The van der Waals surface area contributed by atoms with E-state index in [1.54, 1.807) is 55.5 Å². The highest BCUT2D eigenvalue weighted by Crippen LogP contribution is 2.14. The number of fused-ring (bicyclic) bond motifs is 1. The van der Waals surface area contributed by atoms with Crippen molar-refractivity contribution >= 4 is 22.6 Å². The van der Waals surface area contributed by atoms with Gasteiger partial charge in [0.05, 0.1) is 11.5 Å². The first-order valence-electron chi connectivity index (χ1n) is 9.28. The van der Waals surface area contributed by atoms with Gasteiger partial charge in [0.1, 0.15) is 5.75 Å². The van der Waals surface area contributed by atoms with Gasteiger partial charge in [-0.2, -0.15) is 5.10 Å². The van der Waals surface area contributed by atoms with Gasteiger partial charge in [0.15, 0.2) is 5.69 Å². The van der Waals surface area contributed by atoms with Crippen LogP contribution in [0.5, 0.6) is 5.75 Å². The van der Waals surface area contributed by atoms with E-state index < -0.39 is 11.8 Å². The highest BCUT2D eigenvalue weighted by atomic mass is 16.5. The summed E-state index contributed by atoms with van der Waals surface area (Å²) in [5, 5.41) is 4.94. The van der Waals surface area contributed by atoms with Crippen molar-refractivity contribution in [3.63, 3.8) is 0 Å². The number of carbonyl (C=O) groups excluding carboxylic acids is 2. The minimum atomic E-state index is -0.614. The second-order valence-electron chi connectivity index (χ2n) is 6.61. The minimum absolute atomic E-state index is 0.0303. The number of aromatic nitrogens is 2. The molecule has 29 heavy (non-hydrogen) atoms. The molecule has 0 aliphatic heterocycles. The lowest BCUT2D eigenvalue weighted by molar-refractivity contribution is 0.0843. The summed E-state index contributed by atoms with van der Waals surface area (Å²) in [6.45, 7) is 5.91. The average Bonchev–Trinajstić information content (AvgIpc) is 2.72. The predicted molar refractivity (Wildman–Crippen MR) is 109 cm³/mol. The lowest BCUT2D eigenvalue weighted by Gasteiger charge is -2.12. The van der Waals surface area contributed by atoms with E-state index in [1.165, 1.54) is 4.68 Å². The highest BCUT2D eigenvalue weighted by Gasteiger charge is 2.17. The Bertz CT molecular complexity index is 1100. The Kier molecular flexibility index (Phi) is 5.92. The number of benzene rings is 2. The van der Waals surface area contributed by atoms with Gasteiger partial charge in [-0.1, -0.05) is 18.2 Å². The number of nitrogens with one attached hydrogen (secondary N) is 2. The molecule has 2 amide bonds. The van der Waals surface area contributed by atoms with Crippen LogP contribution in [0.25, 0.3) is 10.8 Å². The SMILES string of the molecule is CCn1nc(C(=O)NNC(=O)c2ccc(OC(C)C)cc2)c2ccccc2c1=O. The van der Waals surface area contributed by atoms with Gasteiger partial charge in [-0.25, -0.2) is 4.68 Å². The van der Waals surface area contributed by atoms with Crippen LogP contribution < -0.4 is 21.1 Å². The molecule has 8 heteroatoms. The van der Waals surface area contributed by atoms with Crippen LogP contribution in [0.4, 0.5) is 0 Å². The molecule has 2 aromatic carbocycles. The standard InChI is InChI=1S/C21H22N4O4/c1-4-25-21(28)17-8-6-5-7-16(17)18(24-25)20(27)23-22-19(26)14-9-11-15(12-10-14)29-13(2)3/h5-13H,4H2,1-3H3,(H,22,26)(H,23,27). The summed E-state index contributed by atoms with van der Waals surface area (Å²) in [4.78, 5) is 37.3. The van der Waals surface area contributed by atoms with E-state index in [-0.39, 0.29) is 17.4 Å². The van der Waals surface area contributed by atoms with Crippen LogP contribution in [0.2, 0.25) is 0 Å². The van der Waals surface area contributed by atoms with Crippen LogP contribution in [0, 0.1) is 0 Å². The van der Waals surface area contributed by atoms with E-state index in [9.17, 15) is 14.4 Å². The first-order valence-corrected chi connectivity index (χ1v) is 9.28. The molecule has 0 saturated carbocycles. The molecule has 1 heterocycles. The van der Waals surface area contributed by atoms with E-state index in [4.69, 9.17) is 4.74 Å². The van der Waals surface area contributed by atoms with Gasteiger partial charge in [-0.05, 0) is 51.1 Å². The fraction of sp³-hybridized carbons (Fsp3) is 0.238. The lowest BCUT2D eigenvalue weighted by Crippen LogP contribution is -2.42. The average molecular weight is 394 g/mol. The third kappa shape index (κ3) is 4.43. The largest absolute Gasteiger partial charge is 0.491 e. The molecule has 3 aromatic rings. The molecule has 0 aliphatic rings. The van der Waals surface area contributed by atoms with Crippen molar-refractivity contribution < 1.29 is 14.3 Å². The molecule has 8 nitrogen and oxygen atoms in total. The Labute approximate surface area is 167 Å². The fourth-order valence-corrected chi connectivity index (χ4v) is 2.82. The number of hydrazine groups is 1. The summed E-state index contributed by atoms with van der Waals surface area (Å²) in [6.07, 6.45) is 0.0303. The number of nitrogens with zero attached hydrogens (tertiary/aromatic N) is 2. The molecule has 150 valence electrons. The molecular weight excluding hydrogens is 372 g/mol. The number of rotatable bonds is 5. The Morgan fingerprint density at radius 3 is 2.24 bits per heavy atom. The van der Waals surface area contributed by atoms with Crippen LogP contribution in [0.15, 0.2) is 53.3 Å². The van der Waals surface area contributed by atoms with Crippen molar-refractivity contribution in [3.05, 3.63) is 70.1 Å². The molecule has 0 radical (unpaired) electrons. The topological polar surface area (TPSA) is 102 Å². The second-order valence-corrected chi connectivity index (χ2v) is 6.61. The van der Waals surface area contributed by atoms with Gasteiger partial charge < -0.3 is 4.74 Å². The van der Waals surface area contributed by atoms with Gasteiger partial charge in [0, 0.05) is 17.5 Å². The zero-order valence-electron chi connectivity index (χ0n) is 16.4. The maximum atomic E-state index is 12.6. The number of carbonyl (C=O) groups is 2. The third-order valence-electron chi connectivity index (χ3n) is 4.16. The molecule has 0 saturated heterocycles. The van der Waals surface area contributed by atoms with E-state index >= 15 is 0 Å². The smallest absolute Gasteiger partial charge is 0.290 e. The molecular formula is C21H22N4O4. The van der Waals surface area contributed by atoms with Crippen molar-refractivity contribution in [1.29, 1.82) is 0 Å². The molecule has 0 aliphatic carbocycles. The van der Waals surface area contributed by atoms with Crippen molar-refractivity contribution in [1.82, 2.24) is 20.6 Å². The summed E-state index contributed by atoms with van der Waals surface area (Å²) in [7, 11) is 0. The van der Waals surface area contributed by atoms with Crippen LogP contribution in [0.3, 0.4) is 0 Å². The van der Waals surface area contributed by atoms with Crippen LogP contribution >= 0.6 is 0 Å². The summed E-state index contributed by atoms with van der Waals surface area (Å²) in [6, 6.07) is 13.3. The molecule has 0 bridgehead atoms. The molecule has 2 N–H and O–H groups in total. The molecule has 3 rings (SSSR count). The van der Waals surface area contributed by atoms with Crippen LogP contribution in [-0.2, 0) is 6.54 Å². The minimum Gasteiger partial charge on any atom is -0.491 e. The van der Waals surface area contributed by atoms with Crippen molar-refractivity contribution in [2.24, 2.45) is 0 Å². The zero-order valence-corrected chi connectivity index (χ0v) is 16.4. The van der Waals surface area contributed by atoms with Gasteiger partial charge in [0.2, 0.25) is 0 Å². The number of amides is 2. The number of ether oxygens (including phenoxy) is 1. The zero-order chi connectivity index (χ0) is 21.0. The number of hydrogen-bond acceptors (Lipinski definition) is 5. The highest BCUT2D eigenvalue weighted by molar-refractivity contribution is 6.06. The summed E-state index contributed by atoms with van der Waals surface area (Å²) in [5.41, 5.74) is 4.87. The van der Waals surface area contributed by atoms with E-state index in [0.29, 0.717) is 28.6 Å². The van der Waals surface area contributed by atoms with Gasteiger partial charge in [0.25, 0.3) is 17.4 Å². The van der Waals surface area contributed by atoms with Gasteiger partial charge in [-0.3, -0.25) is 25.2 Å². The van der Waals surface area contributed by atoms with Crippen molar-refractivity contribution in [2.75, 3.05) is 0 Å². The number of hydrogen-bond donors (Lipinski definition) is 2. The van der Waals surface area contributed by atoms with E-state index in [1.807, 2.05) is 13.8 Å². The lowest BCUT2D eigenvalue weighted by atomic mass is 10.1. The Morgan fingerprint density at radius 1 is 1.00 bits per heavy atom. The first kappa shape index (κ1) is 20.1. The Hall–Kier alpha value is -3.68. The van der Waals surface area contributed by atoms with E-state index in [2.05, 4.69) is 16.0 Å². The maximum absolute atomic E-state index is 12.6. The molecule has 0 unspecified atom stereocenters. The van der Waals surface area contributed by atoms with Gasteiger partial charge >= 0.3 is 0 Å². The van der Waals surface area contributed by atoms with Crippen LogP contribution in [0.1, 0.15) is 41.6 Å². The summed E-state index contributed by atoms with van der Waals surface area (Å²) >= 11 is 0. The normalized spacial score (nSPS) is 10.8. The molecule has 0 spiro atoms. The summed E-state index contributed by atoms with van der Waals surface area (Å²) < 4.78 is 6.75. The van der Waals surface area contributed by atoms with Crippen molar-refractivity contribution in [2.45, 2.75) is 33.4 Å². The first-order chi connectivity index (χ1) is 13.9. The second kappa shape index (κ2) is 8.55. The Morgan fingerprint density at radius 2 is 1.62 bits per heavy atom. The Balaban J connectivity index is 1.76. The molecule has 0 fully saturated rings.